The van der Waals surface area contributed by atoms with Crippen molar-refractivity contribution in [2.45, 2.75) is 81.2 Å². The molecule has 3 N–H and O–H groups in total. The van der Waals surface area contributed by atoms with Crippen LogP contribution in [0.5, 0.6) is 0 Å². The minimum absolute atomic E-state index is 1.05. The first-order chi connectivity index (χ1) is 17.2. The van der Waals surface area contributed by atoms with E-state index in [4.69, 9.17) is 23.1 Å². The highest BCUT2D eigenvalue weighted by molar-refractivity contribution is 7.87. The summed E-state index contributed by atoms with van der Waals surface area (Å²) in [4.78, 5) is 38.9. The van der Waals surface area contributed by atoms with Gasteiger partial charge >= 0.3 is 33.5 Å². The Hall–Kier alpha value is -2.05. The lowest BCUT2D eigenvalue weighted by Crippen LogP contribution is -2.67. The summed E-state index contributed by atoms with van der Waals surface area (Å²) in [6, 6.07) is 0. The van der Waals surface area contributed by atoms with Crippen LogP contribution < -0.4 is 0 Å². The van der Waals surface area contributed by atoms with Gasteiger partial charge in [0.25, 0.3) is 0 Å². The van der Waals surface area contributed by atoms with Crippen molar-refractivity contribution in [3.63, 3.8) is 0 Å². The van der Waals surface area contributed by atoms with Crippen molar-refractivity contribution >= 4 is 28.0 Å². The van der Waals surface area contributed by atoms with Crippen LogP contribution in [0.1, 0.15) is 27.7 Å². The highest BCUT2D eigenvalue weighted by Gasteiger charge is 3.05. The second-order valence-corrected chi connectivity index (χ2v) is 13.3. The third-order valence-electron chi connectivity index (χ3n) is 9.45. The van der Waals surface area contributed by atoms with E-state index >= 15 is 0 Å². The molecule has 2 aliphatic carbocycles. The Labute approximate surface area is 212 Å². The maximum atomic E-state index is 13.6. The first-order valence-corrected chi connectivity index (χ1v) is 13.0. The van der Waals surface area contributed by atoms with Crippen LogP contribution in [-0.2, 0) is 47.6 Å². The molecule has 0 bridgehead atoms. The SMILES string of the molecule is C[C@@H]1C(=O)O[C@H]2[C@@H](O)C34[C@H]5OC(=O)[C@@]3(O[C@@H]3OC(=O)[C@H](O)C34[C@H](C(C)(C)C)[C@H]5OS(=O)(=O)C(F)(F)F)[C@@]12O. The van der Waals surface area contributed by atoms with Crippen molar-refractivity contribution in [1.29, 1.82) is 0 Å². The third-order valence-corrected chi connectivity index (χ3v) is 10.5. The van der Waals surface area contributed by atoms with Crippen LogP contribution in [0.3, 0.4) is 0 Å². The highest BCUT2D eigenvalue weighted by Crippen LogP contribution is 2.84. The Kier molecular flexibility index (Phi) is 4.57. The summed E-state index contributed by atoms with van der Waals surface area (Å²) in [5.41, 5.74) is -17.8. The molecule has 6 fully saturated rings. The van der Waals surface area contributed by atoms with Crippen LogP contribution in [0.2, 0.25) is 0 Å². The van der Waals surface area contributed by atoms with Crippen LogP contribution >= 0.6 is 0 Å². The maximum Gasteiger partial charge on any atom is 0.523 e. The standard InChI is InChI=1S/C21H23F3O13S/c1-5-12(27)33-11-8(25)18-10-6(37-38(31,32)21(22,23)24)7(16(2,3)4)17(18)9(26)13(28)35-15(17)36-20(18,14(29)34-10)19(5,11)30/h5-11,15,25-26,30H,1-4H3/t5-,6-,7+,8-,9+,10+,11+,15+,17?,18?,19-,20+/m1/s1. The number of rotatable bonds is 2. The minimum atomic E-state index is -6.38. The molecule has 0 aromatic carbocycles. The van der Waals surface area contributed by atoms with E-state index in [1.54, 1.807) is 0 Å². The number of ether oxygens (including phenoxy) is 4. The molecule has 2 spiro atoms. The lowest BCUT2D eigenvalue weighted by Gasteiger charge is -2.47. The number of alkyl halides is 3. The Balaban J connectivity index is 1.71. The normalized spacial score (nSPS) is 52.8. The van der Waals surface area contributed by atoms with Gasteiger partial charge in [-0.3, -0.25) is 8.98 Å². The molecule has 2 unspecified atom stereocenters. The van der Waals surface area contributed by atoms with Gasteiger partial charge in [-0.1, -0.05) is 20.8 Å². The lowest BCUT2D eigenvalue weighted by molar-refractivity contribution is -0.240. The summed E-state index contributed by atoms with van der Waals surface area (Å²) in [7, 11) is -6.38. The van der Waals surface area contributed by atoms with Crippen molar-refractivity contribution in [2.75, 3.05) is 0 Å². The highest BCUT2D eigenvalue weighted by atomic mass is 32.2. The average molecular weight is 572 g/mol. The van der Waals surface area contributed by atoms with E-state index in [1.807, 2.05) is 0 Å². The molecule has 0 amide bonds. The number of carbonyl (C=O) groups excluding carboxylic acids is 3. The Morgan fingerprint density at radius 1 is 0.974 bits per heavy atom. The third kappa shape index (κ3) is 2.18. The molecule has 13 nitrogen and oxygen atoms in total. The molecule has 12 atom stereocenters. The van der Waals surface area contributed by atoms with Crippen molar-refractivity contribution in [3.05, 3.63) is 0 Å². The van der Waals surface area contributed by atoms with E-state index < -0.39 is 110 Å². The largest absolute Gasteiger partial charge is 0.523 e. The summed E-state index contributed by atoms with van der Waals surface area (Å²) in [5, 5.41) is 35.1. The molecular weight excluding hydrogens is 549 g/mol. The molecule has 6 rings (SSSR count). The molecular formula is C21H23F3O13S. The van der Waals surface area contributed by atoms with E-state index in [0.29, 0.717) is 0 Å². The lowest BCUT2D eigenvalue weighted by atomic mass is 9.51. The molecule has 212 valence electrons. The fourth-order valence-electron chi connectivity index (χ4n) is 8.53. The molecule has 2 saturated carbocycles. The monoisotopic (exact) mass is 572 g/mol. The number of halogens is 3. The van der Waals surface area contributed by atoms with Gasteiger partial charge in [0.05, 0.1) is 16.7 Å². The zero-order valence-electron chi connectivity index (χ0n) is 20.1. The zero-order chi connectivity index (χ0) is 28.4. The molecule has 0 aromatic heterocycles. The van der Waals surface area contributed by atoms with Crippen molar-refractivity contribution in [1.82, 2.24) is 0 Å². The summed E-state index contributed by atoms with van der Waals surface area (Å²) in [5.74, 6) is -7.11. The van der Waals surface area contributed by atoms with E-state index in [1.165, 1.54) is 20.8 Å². The van der Waals surface area contributed by atoms with E-state index in [2.05, 4.69) is 0 Å². The first kappa shape index (κ1) is 26.2. The van der Waals surface area contributed by atoms with Crippen LogP contribution in [0, 0.1) is 28.1 Å². The van der Waals surface area contributed by atoms with Crippen molar-refractivity contribution in [2.24, 2.45) is 28.1 Å². The number of carbonyl (C=O) groups is 3. The molecule has 4 heterocycles. The van der Waals surface area contributed by atoms with Crippen LogP contribution in [-0.4, -0.2) is 95.2 Å². The Morgan fingerprint density at radius 2 is 1.58 bits per heavy atom. The Bertz CT molecular complexity index is 1290. The van der Waals surface area contributed by atoms with Crippen molar-refractivity contribution in [3.8, 4) is 0 Å². The fraction of sp³-hybridized carbons (Fsp3) is 0.857. The fourth-order valence-corrected chi connectivity index (χ4v) is 9.14. The van der Waals surface area contributed by atoms with Gasteiger partial charge in [-0.25, -0.2) is 9.59 Å². The number of aliphatic hydroxyl groups excluding tert-OH is 2. The second-order valence-electron chi connectivity index (χ2n) is 11.8. The number of hydrogen-bond donors (Lipinski definition) is 3. The van der Waals surface area contributed by atoms with Crippen LogP contribution in [0.15, 0.2) is 0 Å². The van der Waals surface area contributed by atoms with Gasteiger partial charge in [0.2, 0.25) is 11.9 Å². The molecule has 6 aliphatic rings. The van der Waals surface area contributed by atoms with Gasteiger partial charge in [-0.05, 0) is 12.3 Å². The van der Waals surface area contributed by atoms with Gasteiger partial charge in [0.15, 0.2) is 17.8 Å². The molecule has 0 aromatic rings. The van der Waals surface area contributed by atoms with Gasteiger partial charge in [-0.15, -0.1) is 0 Å². The molecule has 38 heavy (non-hydrogen) atoms. The number of fused-ring (bicyclic) bond motifs is 1. The summed E-state index contributed by atoms with van der Waals surface area (Å²) >= 11 is 0. The Morgan fingerprint density at radius 3 is 2.13 bits per heavy atom. The summed E-state index contributed by atoms with van der Waals surface area (Å²) < 4.78 is 91.4. The number of esters is 3. The second kappa shape index (κ2) is 6.63. The van der Waals surface area contributed by atoms with E-state index in [-0.39, 0.29) is 0 Å². The quantitative estimate of drug-likeness (QED) is 0.150. The maximum absolute atomic E-state index is 13.6. The van der Waals surface area contributed by atoms with Gasteiger partial charge < -0.3 is 34.3 Å². The predicted molar refractivity (Wildman–Crippen MR) is 107 cm³/mol. The minimum Gasteiger partial charge on any atom is -0.456 e. The topological polar surface area (TPSA) is 192 Å². The number of aliphatic hydroxyl groups is 3. The number of hydrogen-bond acceptors (Lipinski definition) is 13. The smallest absolute Gasteiger partial charge is 0.456 e. The predicted octanol–water partition coefficient (Wildman–Crippen LogP) is -1.52. The van der Waals surface area contributed by atoms with Crippen molar-refractivity contribution < 1.29 is 74.4 Å². The van der Waals surface area contributed by atoms with E-state index in [0.717, 1.165) is 6.92 Å². The molecule has 4 saturated heterocycles. The van der Waals surface area contributed by atoms with Crippen LogP contribution in [0.25, 0.3) is 0 Å². The first-order valence-electron chi connectivity index (χ1n) is 11.6. The zero-order valence-corrected chi connectivity index (χ0v) is 20.9. The van der Waals surface area contributed by atoms with Crippen LogP contribution in [0.4, 0.5) is 13.2 Å². The van der Waals surface area contributed by atoms with Gasteiger partial charge in [0, 0.05) is 5.92 Å². The molecule has 4 aliphatic heterocycles. The molecule has 17 heteroatoms. The van der Waals surface area contributed by atoms with Gasteiger partial charge in [-0.2, -0.15) is 21.6 Å². The summed E-state index contributed by atoms with van der Waals surface area (Å²) in [6.07, 6.45) is -12.9. The average Bonchev–Trinajstić information content (AvgIpc) is 3.46. The van der Waals surface area contributed by atoms with Gasteiger partial charge in [0.1, 0.15) is 18.3 Å². The van der Waals surface area contributed by atoms with E-state index in [9.17, 15) is 51.3 Å². The summed E-state index contributed by atoms with van der Waals surface area (Å²) in [6.45, 7) is 5.42. The molecule has 0 radical (unpaired) electrons.